The summed E-state index contributed by atoms with van der Waals surface area (Å²) < 4.78 is 6.66. The van der Waals surface area contributed by atoms with Crippen molar-refractivity contribution in [1.82, 2.24) is 9.78 Å². The summed E-state index contributed by atoms with van der Waals surface area (Å²) in [5.74, 6) is -0.594. The zero-order valence-corrected chi connectivity index (χ0v) is 11.1. The lowest BCUT2D eigenvalue weighted by Gasteiger charge is -2.01. The molecule has 5 heteroatoms. The van der Waals surface area contributed by atoms with E-state index in [9.17, 15) is 4.79 Å². The molecule has 0 fully saturated rings. The second-order valence-corrected chi connectivity index (χ2v) is 3.79. The number of hydrogen-bond donors (Lipinski definition) is 0. The number of carbonyl (C=O) groups excluding carboxylic acids is 1. The van der Waals surface area contributed by atoms with Crippen molar-refractivity contribution >= 4 is 12.0 Å². The Hall–Kier alpha value is -2.09. The van der Waals surface area contributed by atoms with Gasteiger partial charge in [0.1, 0.15) is 11.6 Å². The van der Waals surface area contributed by atoms with Crippen LogP contribution in [0.15, 0.2) is 5.57 Å². The van der Waals surface area contributed by atoms with Gasteiger partial charge in [-0.05, 0) is 33.8 Å². The monoisotopic (exact) mass is 247 g/mol. The maximum Gasteiger partial charge on any atom is 0.348 e. The number of aryl methyl sites for hydroxylation is 2. The summed E-state index contributed by atoms with van der Waals surface area (Å²) in [6.07, 6.45) is 1.54. The fourth-order valence-corrected chi connectivity index (χ4v) is 1.72. The van der Waals surface area contributed by atoms with E-state index in [1.165, 1.54) is 0 Å². The molecule has 1 rings (SSSR count). The first-order chi connectivity index (χ1) is 8.54. The van der Waals surface area contributed by atoms with E-state index in [0.717, 1.165) is 23.5 Å². The van der Waals surface area contributed by atoms with Crippen molar-refractivity contribution in [3.05, 3.63) is 22.5 Å². The third kappa shape index (κ3) is 2.77. The first-order valence-electron chi connectivity index (χ1n) is 5.88. The van der Waals surface area contributed by atoms with Crippen molar-refractivity contribution in [3.8, 4) is 6.07 Å². The average molecular weight is 247 g/mol. The normalized spacial score (nSPS) is 11.2. The van der Waals surface area contributed by atoms with Crippen molar-refractivity contribution in [2.75, 3.05) is 6.61 Å². The van der Waals surface area contributed by atoms with Gasteiger partial charge in [-0.15, -0.1) is 0 Å². The van der Waals surface area contributed by atoms with Gasteiger partial charge in [-0.25, -0.2) is 4.79 Å². The van der Waals surface area contributed by atoms with Gasteiger partial charge in [0.25, 0.3) is 0 Å². The van der Waals surface area contributed by atoms with Gasteiger partial charge in [-0.3, -0.25) is 4.68 Å². The Balaban J connectivity index is 3.18. The molecule has 0 amide bonds. The van der Waals surface area contributed by atoms with Crippen molar-refractivity contribution in [3.63, 3.8) is 0 Å². The summed E-state index contributed by atoms with van der Waals surface area (Å²) in [6, 6.07) is 1.87. The molecule has 0 saturated heterocycles. The van der Waals surface area contributed by atoms with Gasteiger partial charge in [0.05, 0.1) is 12.3 Å². The van der Waals surface area contributed by atoms with Crippen LogP contribution in [0, 0.1) is 25.2 Å². The molecule has 1 aromatic rings. The quantitative estimate of drug-likeness (QED) is 0.463. The lowest BCUT2D eigenvalue weighted by molar-refractivity contribution is -0.137. The predicted molar refractivity (Wildman–Crippen MR) is 67.6 cm³/mol. The van der Waals surface area contributed by atoms with Gasteiger partial charge < -0.3 is 4.74 Å². The van der Waals surface area contributed by atoms with Gasteiger partial charge in [0.15, 0.2) is 0 Å². The molecule has 96 valence electrons. The van der Waals surface area contributed by atoms with E-state index in [-0.39, 0.29) is 12.2 Å². The van der Waals surface area contributed by atoms with Crippen molar-refractivity contribution in [2.45, 2.75) is 34.2 Å². The van der Waals surface area contributed by atoms with Gasteiger partial charge in [-0.1, -0.05) is 0 Å². The first-order valence-corrected chi connectivity index (χ1v) is 5.88. The van der Waals surface area contributed by atoms with E-state index in [0.29, 0.717) is 0 Å². The Morgan fingerprint density at radius 3 is 2.61 bits per heavy atom. The standard InChI is InChI=1S/C13H17N3O2/c1-5-16-10(4)12(9(3)15-16)7-11(8-14)13(17)18-6-2/h7H,5-6H2,1-4H3/b11-7+. The third-order valence-electron chi connectivity index (χ3n) is 2.64. The molecule has 0 aliphatic rings. The van der Waals surface area contributed by atoms with Crippen LogP contribution in [0.1, 0.15) is 30.8 Å². The highest BCUT2D eigenvalue weighted by Crippen LogP contribution is 2.17. The number of hydrogen-bond acceptors (Lipinski definition) is 4. The van der Waals surface area contributed by atoms with E-state index in [1.54, 1.807) is 13.0 Å². The van der Waals surface area contributed by atoms with E-state index in [2.05, 4.69) is 5.10 Å². The van der Waals surface area contributed by atoms with E-state index in [1.807, 2.05) is 31.5 Å². The highest BCUT2D eigenvalue weighted by Gasteiger charge is 2.14. The summed E-state index contributed by atoms with van der Waals surface area (Å²) in [6.45, 7) is 8.47. The van der Waals surface area contributed by atoms with Gasteiger partial charge >= 0.3 is 5.97 Å². The topological polar surface area (TPSA) is 67.9 Å². The molecular formula is C13H17N3O2. The molecule has 0 bridgehead atoms. The van der Waals surface area contributed by atoms with Crippen LogP contribution in [-0.4, -0.2) is 22.4 Å². The Morgan fingerprint density at radius 1 is 1.50 bits per heavy atom. The van der Waals surface area contributed by atoms with Crippen LogP contribution in [-0.2, 0) is 16.1 Å². The Labute approximate surface area is 107 Å². The van der Waals surface area contributed by atoms with E-state index >= 15 is 0 Å². The molecule has 1 aromatic heterocycles. The smallest absolute Gasteiger partial charge is 0.348 e. The summed E-state index contributed by atoms with van der Waals surface area (Å²) in [5, 5.41) is 13.3. The summed E-state index contributed by atoms with van der Waals surface area (Å²) in [5.41, 5.74) is 2.54. The molecule has 1 heterocycles. The minimum Gasteiger partial charge on any atom is -0.462 e. The predicted octanol–water partition coefficient (Wildman–Crippen LogP) is 1.99. The largest absolute Gasteiger partial charge is 0.462 e. The van der Waals surface area contributed by atoms with E-state index < -0.39 is 5.97 Å². The molecule has 5 nitrogen and oxygen atoms in total. The minimum absolute atomic E-state index is 0.00120. The SMILES string of the molecule is CCOC(=O)/C(C#N)=C/c1c(C)nn(CC)c1C. The minimum atomic E-state index is -0.594. The van der Waals surface area contributed by atoms with Crippen molar-refractivity contribution < 1.29 is 9.53 Å². The molecule has 0 unspecified atom stereocenters. The Kier molecular flexibility index (Phi) is 4.67. The van der Waals surface area contributed by atoms with Gasteiger partial charge in [-0.2, -0.15) is 10.4 Å². The molecular weight excluding hydrogens is 230 g/mol. The highest BCUT2D eigenvalue weighted by molar-refractivity contribution is 5.98. The third-order valence-corrected chi connectivity index (χ3v) is 2.64. The number of nitriles is 1. The average Bonchev–Trinajstić information content (AvgIpc) is 2.62. The van der Waals surface area contributed by atoms with Crippen LogP contribution < -0.4 is 0 Å². The number of carbonyl (C=O) groups is 1. The lowest BCUT2D eigenvalue weighted by atomic mass is 10.1. The fourth-order valence-electron chi connectivity index (χ4n) is 1.72. The van der Waals surface area contributed by atoms with Crippen LogP contribution in [0.5, 0.6) is 0 Å². The zero-order valence-electron chi connectivity index (χ0n) is 11.1. The number of esters is 1. The zero-order chi connectivity index (χ0) is 13.7. The molecule has 0 aliphatic carbocycles. The Morgan fingerprint density at radius 2 is 2.17 bits per heavy atom. The molecule has 18 heavy (non-hydrogen) atoms. The number of aromatic nitrogens is 2. The van der Waals surface area contributed by atoms with Crippen LogP contribution >= 0.6 is 0 Å². The summed E-state index contributed by atoms with van der Waals surface area (Å²) in [4.78, 5) is 11.5. The summed E-state index contributed by atoms with van der Waals surface area (Å²) >= 11 is 0. The molecule has 0 spiro atoms. The van der Waals surface area contributed by atoms with Crippen molar-refractivity contribution in [1.29, 1.82) is 5.26 Å². The van der Waals surface area contributed by atoms with E-state index in [4.69, 9.17) is 10.00 Å². The highest BCUT2D eigenvalue weighted by atomic mass is 16.5. The first kappa shape index (κ1) is 14.0. The molecule has 0 radical (unpaired) electrons. The van der Waals surface area contributed by atoms with Crippen LogP contribution in [0.25, 0.3) is 6.08 Å². The van der Waals surface area contributed by atoms with Gasteiger partial charge in [0.2, 0.25) is 0 Å². The molecule has 0 aliphatic heterocycles. The molecule has 0 saturated carbocycles. The maximum absolute atomic E-state index is 11.5. The van der Waals surface area contributed by atoms with Gasteiger partial charge in [0, 0.05) is 17.8 Å². The second-order valence-electron chi connectivity index (χ2n) is 3.79. The number of ether oxygens (including phenoxy) is 1. The lowest BCUT2D eigenvalue weighted by Crippen LogP contribution is -2.06. The van der Waals surface area contributed by atoms with Crippen molar-refractivity contribution in [2.24, 2.45) is 0 Å². The maximum atomic E-state index is 11.5. The Bertz CT molecular complexity index is 521. The molecule has 0 N–H and O–H groups in total. The fraction of sp³-hybridized carbons (Fsp3) is 0.462. The molecule has 0 atom stereocenters. The van der Waals surface area contributed by atoms with Crippen LogP contribution in [0.3, 0.4) is 0 Å². The van der Waals surface area contributed by atoms with Crippen LogP contribution in [0.4, 0.5) is 0 Å². The number of nitrogens with zero attached hydrogens (tertiary/aromatic N) is 3. The number of rotatable bonds is 4. The van der Waals surface area contributed by atoms with Crippen LogP contribution in [0.2, 0.25) is 0 Å². The summed E-state index contributed by atoms with van der Waals surface area (Å²) in [7, 11) is 0. The second kappa shape index (κ2) is 6.01. The molecule has 0 aromatic carbocycles.